The molecule has 0 aliphatic carbocycles. The van der Waals surface area contributed by atoms with Crippen molar-refractivity contribution in [2.45, 2.75) is 0 Å². The van der Waals surface area contributed by atoms with Gasteiger partial charge in [0.15, 0.2) is 0 Å². The number of guanidine groups is 1. The number of nitrogens with zero attached hydrogens (tertiary/aromatic N) is 5. The lowest BCUT2D eigenvalue weighted by Crippen LogP contribution is -2.15. The first-order chi connectivity index (χ1) is 7.29. The van der Waals surface area contributed by atoms with Crippen molar-refractivity contribution in [2.24, 2.45) is 20.7 Å². The van der Waals surface area contributed by atoms with E-state index in [9.17, 15) is 8.76 Å². The van der Waals surface area contributed by atoms with Crippen LogP contribution in [0.1, 0.15) is 0 Å². The summed E-state index contributed by atoms with van der Waals surface area (Å²) < 4.78 is 22.9. The largest absolute Gasteiger partial charge is 0.742 e. The summed E-state index contributed by atoms with van der Waals surface area (Å²) in [6.07, 6.45) is 0. The van der Waals surface area contributed by atoms with Gasteiger partial charge in [0.25, 0.3) is 0 Å². The molecule has 76 valence electrons. The molecule has 1 aromatic carbocycles. The highest BCUT2D eigenvalue weighted by molar-refractivity contribution is 7.73. The first kappa shape index (κ1) is 9.74. The van der Waals surface area contributed by atoms with Crippen LogP contribution in [0, 0.1) is 0 Å². The van der Waals surface area contributed by atoms with Gasteiger partial charge in [0.1, 0.15) is 17.0 Å². The molecule has 1 aliphatic rings. The van der Waals surface area contributed by atoms with Crippen LogP contribution in [0.2, 0.25) is 0 Å². The Labute approximate surface area is 87.3 Å². The maximum atomic E-state index is 11.0. The van der Waals surface area contributed by atoms with E-state index in [2.05, 4.69) is 20.7 Å². The van der Waals surface area contributed by atoms with E-state index in [1.165, 1.54) is 0 Å². The van der Waals surface area contributed by atoms with E-state index in [0.29, 0.717) is 5.69 Å². The van der Waals surface area contributed by atoms with Gasteiger partial charge in [-0.1, -0.05) is 18.2 Å². The summed E-state index contributed by atoms with van der Waals surface area (Å²) in [4.78, 5) is 0. The van der Waals surface area contributed by atoms with Crippen LogP contribution in [-0.4, -0.2) is 18.7 Å². The monoisotopic (exact) mass is 223 g/mol. The second kappa shape index (κ2) is 4.15. The highest BCUT2D eigenvalue weighted by atomic mass is 32.2. The average Bonchev–Trinajstić information content (AvgIpc) is 2.72. The maximum Gasteiger partial charge on any atom is 0.493 e. The topological polar surface area (TPSA) is 92.6 Å². The molecule has 0 amide bonds. The van der Waals surface area contributed by atoms with Crippen LogP contribution in [0.25, 0.3) is 0 Å². The molecule has 8 heteroatoms. The van der Waals surface area contributed by atoms with Gasteiger partial charge in [-0.25, -0.2) is 4.21 Å². The summed E-state index contributed by atoms with van der Waals surface area (Å²) in [5.41, 5.74) is 0.431. The first-order valence-corrected chi connectivity index (χ1v) is 4.95. The van der Waals surface area contributed by atoms with Gasteiger partial charge < -0.3 is 4.55 Å². The van der Waals surface area contributed by atoms with Gasteiger partial charge in [-0.15, -0.1) is 3.98 Å². The summed E-state index contributed by atoms with van der Waals surface area (Å²) in [6, 6.07) is 8.42. The molecular formula is C7H5N5O2S. The number of hydrogen-bond acceptors (Lipinski definition) is 4. The number of hydrogen-bond donors (Lipinski definition) is 0. The van der Waals surface area contributed by atoms with Gasteiger partial charge in [-0.2, -0.15) is 0 Å². The van der Waals surface area contributed by atoms with Crippen molar-refractivity contribution in [3.63, 3.8) is 0 Å². The molecule has 0 aromatic heterocycles. The van der Waals surface area contributed by atoms with Crippen molar-refractivity contribution in [1.29, 1.82) is 0 Å². The number of benzene rings is 1. The van der Waals surface area contributed by atoms with Crippen LogP contribution in [0.3, 0.4) is 0 Å². The van der Waals surface area contributed by atoms with E-state index in [0.717, 1.165) is 3.98 Å². The molecule has 0 saturated carbocycles. The molecule has 0 N–H and O–H groups in total. The third-order valence-electron chi connectivity index (χ3n) is 1.63. The molecule has 0 bridgehead atoms. The second-order valence-corrected chi connectivity index (χ2v) is 3.33. The Balaban J connectivity index is 2.55. The molecule has 2 rings (SSSR count). The molecule has 7 nitrogen and oxygen atoms in total. The summed E-state index contributed by atoms with van der Waals surface area (Å²) in [5.74, 6) is -0.0745. The minimum atomic E-state index is -2.51. The second-order valence-electron chi connectivity index (χ2n) is 2.53. The SMILES string of the molecule is O=S([O-])[N+](=C1N=NN=N1)c1ccccc1. The van der Waals surface area contributed by atoms with E-state index in [-0.39, 0.29) is 5.96 Å². The Morgan fingerprint density at radius 1 is 1.13 bits per heavy atom. The van der Waals surface area contributed by atoms with Crippen LogP contribution in [0.5, 0.6) is 0 Å². The Morgan fingerprint density at radius 3 is 2.27 bits per heavy atom. The molecule has 1 unspecified atom stereocenters. The van der Waals surface area contributed by atoms with Gasteiger partial charge >= 0.3 is 5.96 Å². The van der Waals surface area contributed by atoms with E-state index >= 15 is 0 Å². The van der Waals surface area contributed by atoms with E-state index in [1.807, 2.05) is 0 Å². The van der Waals surface area contributed by atoms with E-state index in [4.69, 9.17) is 0 Å². The van der Waals surface area contributed by atoms with E-state index < -0.39 is 11.3 Å². The zero-order valence-corrected chi connectivity index (χ0v) is 8.16. The molecule has 15 heavy (non-hydrogen) atoms. The lowest BCUT2D eigenvalue weighted by molar-refractivity contribution is -0.265. The Morgan fingerprint density at radius 2 is 1.73 bits per heavy atom. The van der Waals surface area contributed by atoms with Gasteiger partial charge in [0.05, 0.1) is 20.7 Å². The zero-order valence-electron chi connectivity index (χ0n) is 7.35. The smallest absolute Gasteiger partial charge is 0.493 e. The molecule has 0 spiro atoms. The average molecular weight is 223 g/mol. The predicted molar refractivity (Wildman–Crippen MR) is 50.0 cm³/mol. The van der Waals surface area contributed by atoms with Crippen LogP contribution < -0.4 is 0 Å². The van der Waals surface area contributed by atoms with Gasteiger partial charge in [0, 0.05) is 0 Å². The standard InChI is InChI=1S/C7H5N5O2S/c13-15(14)12(7-8-10-11-9-7)6-4-2-1-3-5-6/h1-5H. The fourth-order valence-electron chi connectivity index (χ4n) is 1.05. The van der Waals surface area contributed by atoms with Crippen molar-refractivity contribution in [2.75, 3.05) is 0 Å². The summed E-state index contributed by atoms with van der Waals surface area (Å²) in [5, 5.41) is 13.4. The Hall–Kier alpha value is -1.80. The van der Waals surface area contributed by atoms with Crippen molar-refractivity contribution >= 4 is 22.9 Å². The predicted octanol–water partition coefficient (Wildman–Crippen LogP) is 1.31. The normalized spacial score (nSPS) is 15.7. The van der Waals surface area contributed by atoms with Crippen molar-refractivity contribution in [1.82, 2.24) is 0 Å². The molecule has 1 aliphatic heterocycles. The Kier molecular flexibility index (Phi) is 2.70. The lowest BCUT2D eigenvalue weighted by Gasteiger charge is -2.07. The minimum absolute atomic E-state index is 0.0745. The van der Waals surface area contributed by atoms with Gasteiger partial charge in [-0.05, 0) is 12.1 Å². The van der Waals surface area contributed by atoms with Crippen LogP contribution in [-0.2, 0) is 11.3 Å². The Bertz CT molecular complexity index is 467. The van der Waals surface area contributed by atoms with Crippen molar-refractivity contribution in [3.05, 3.63) is 30.3 Å². The third-order valence-corrected chi connectivity index (χ3v) is 2.30. The molecule has 1 atom stereocenters. The van der Waals surface area contributed by atoms with Gasteiger partial charge in [0.2, 0.25) is 0 Å². The third kappa shape index (κ3) is 2.00. The molecule has 1 heterocycles. The summed E-state index contributed by atoms with van der Waals surface area (Å²) in [7, 11) is 0. The molecule has 0 fully saturated rings. The molecule has 0 saturated heterocycles. The van der Waals surface area contributed by atoms with Crippen molar-refractivity contribution in [3.8, 4) is 0 Å². The molecule has 0 radical (unpaired) electrons. The van der Waals surface area contributed by atoms with E-state index in [1.54, 1.807) is 30.3 Å². The fourth-order valence-corrected chi connectivity index (χ4v) is 1.55. The molecule has 1 aromatic rings. The van der Waals surface area contributed by atoms with Crippen LogP contribution in [0.4, 0.5) is 5.69 Å². The summed E-state index contributed by atoms with van der Waals surface area (Å²) >= 11 is -2.51. The quantitative estimate of drug-likeness (QED) is 0.558. The maximum absolute atomic E-state index is 11.0. The highest BCUT2D eigenvalue weighted by Gasteiger charge is 2.21. The van der Waals surface area contributed by atoms with Crippen molar-refractivity contribution < 1.29 is 12.7 Å². The zero-order chi connectivity index (χ0) is 10.7. The highest BCUT2D eigenvalue weighted by Crippen LogP contribution is 2.14. The first-order valence-electron chi connectivity index (χ1n) is 3.92. The number of rotatable bonds is 2. The van der Waals surface area contributed by atoms with Crippen LogP contribution in [0.15, 0.2) is 51.0 Å². The summed E-state index contributed by atoms with van der Waals surface area (Å²) in [6.45, 7) is 0. The fraction of sp³-hybridized carbons (Fsp3) is 0. The lowest BCUT2D eigenvalue weighted by atomic mass is 10.3. The van der Waals surface area contributed by atoms with Crippen LogP contribution >= 0.6 is 0 Å². The minimum Gasteiger partial charge on any atom is -0.742 e. The number of para-hydroxylation sites is 1. The molecular weight excluding hydrogens is 218 g/mol. The van der Waals surface area contributed by atoms with Gasteiger partial charge in [-0.3, -0.25) is 0 Å².